The van der Waals surface area contributed by atoms with Gasteiger partial charge in [-0.25, -0.2) is 22.2 Å². The number of aryl methyl sites for hydroxylation is 2. The fourth-order valence-electron chi connectivity index (χ4n) is 4.00. The largest absolute Gasteiger partial charge is 0.360 e. The van der Waals surface area contributed by atoms with E-state index in [1.807, 2.05) is 0 Å². The van der Waals surface area contributed by atoms with Crippen molar-refractivity contribution in [1.82, 2.24) is 19.0 Å². The van der Waals surface area contributed by atoms with Crippen molar-refractivity contribution < 1.29 is 21.7 Å². The first-order valence-corrected chi connectivity index (χ1v) is 10.9. The van der Waals surface area contributed by atoms with Crippen molar-refractivity contribution >= 4 is 20.9 Å². The lowest BCUT2D eigenvalue weighted by Crippen LogP contribution is -2.36. The third-order valence-electron chi connectivity index (χ3n) is 5.25. The van der Waals surface area contributed by atoms with Crippen LogP contribution in [0.25, 0.3) is 10.9 Å². The average Bonchev–Trinajstić information content (AvgIpc) is 3.31. The number of sulfonamides is 1. The third-order valence-corrected chi connectivity index (χ3v) is 7.40. The molecule has 3 aromatic rings. The molecule has 3 heterocycles. The highest BCUT2D eigenvalue weighted by atomic mass is 32.2. The Hall–Kier alpha value is -2.66. The first-order chi connectivity index (χ1) is 14.2. The van der Waals surface area contributed by atoms with Crippen LogP contribution in [-0.4, -0.2) is 40.4 Å². The zero-order valence-corrected chi connectivity index (χ0v) is 17.2. The minimum Gasteiger partial charge on any atom is -0.360 e. The first-order valence-electron chi connectivity index (χ1n) is 9.44. The van der Waals surface area contributed by atoms with Gasteiger partial charge < -0.3 is 4.52 Å². The second kappa shape index (κ2) is 7.55. The molecule has 1 aliphatic rings. The van der Waals surface area contributed by atoms with Gasteiger partial charge in [-0.2, -0.15) is 4.31 Å². The number of alkyl halides is 2. The van der Waals surface area contributed by atoms with Crippen LogP contribution in [0.5, 0.6) is 0 Å². The van der Waals surface area contributed by atoms with Crippen LogP contribution in [0.1, 0.15) is 36.2 Å². The number of nitrogens with zero attached hydrogens (tertiary/aromatic N) is 4. The summed E-state index contributed by atoms with van der Waals surface area (Å²) in [5, 5.41) is 3.92. The second-order valence-electron chi connectivity index (χ2n) is 7.22. The minimum absolute atomic E-state index is 0.0202. The molecule has 0 spiro atoms. The van der Waals surface area contributed by atoms with Crippen molar-refractivity contribution in [2.45, 2.75) is 50.6 Å². The molecule has 0 N–H and O–H groups in total. The number of fused-ring (bicyclic) bond motifs is 1. The van der Waals surface area contributed by atoms with Gasteiger partial charge in [0.2, 0.25) is 10.0 Å². The molecular formula is C19H20F2N4O4S. The van der Waals surface area contributed by atoms with Crippen molar-refractivity contribution in [1.29, 1.82) is 0 Å². The number of halogens is 2. The fraction of sp³-hybridized carbons (Fsp3) is 0.421. The molecule has 160 valence electrons. The van der Waals surface area contributed by atoms with Crippen LogP contribution in [0.2, 0.25) is 0 Å². The van der Waals surface area contributed by atoms with Crippen molar-refractivity contribution in [2.24, 2.45) is 0 Å². The lowest BCUT2D eigenvalue weighted by atomic mass is 10.2. The molecule has 4 rings (SSSR count). The van der Waals surface area contributed by atoms with Gasteiger partial charge in [-0.3, -0.25) is 9.36 Å². The van der Waals surface area contributed by atoms with Crippen LogP contribution in [-0.2, 0) is 16.6 Å². The second-order valence-corrected chi connectivity index (χ2v) is 9.05. The molecule has 0 amide bonds. The van der Waals surface area contributed by atoms with Crippen molar-refractivity contribution in [2.75, 3.05) is 6.54 Å². The van der Waals surface area contributed by atoms with E-state index in [2.05, 4.69) is 10.1 Å². The summed E-state index contributed by atoms with van der Waals surface area (Å²) in [6.07, 6.45) is -1.93. The molecule has 1 atom stereocenters. The van der Waals surface area contributed by atoms with E-state index in [9.17, 15) is 22.0 Å². The number of hydrogen-bond donors (Lipinski definition) is 0. The summed E-state index contributed by atoms with van der Waals surface area (Å²) in [6, 6.07) is 5.59. The predicted octanol–water partition coefficient (Wildman–Crippen LogP) is 2.79. The van der Waals surface area contributed by atoms with Gasteiger partial charge >= 0.3 is 0 Å². The van der Waals surface area contributed by atoms with Crippen LogP contribution >= 0.6 is 0 Å². The van der Waals surface area contributed by atoms with Gasteiger partial charge in [0.15, 0.2) is 5.76 Å². The summed E-state index contributed by atoms with van der Waals surface area (Å²) in [5.41, 5.74) is -0.0586. The Morgan fingerprint density at radius 3 is 2.67 bits per heavy atom. The van der Waals surface area contributed by atoms with E-state index >= 15 is 0 Å². The molecule has 1 saturated heterocycles. The van der Waals surface area contributed by atoms with Gasteiger partial charge in [-0.05, 0) is 38.8 Å². The maximum absolute atomic E-state index is 13.4. The lowest BCUT2D eigenvalue weighted by molar-refractivity contribution is 0.122. The molecule has 0 radical (unpaired) electrons. The highest BCUT2D eigenvalue weighted by molar-refractivity contribution is 7.89. The third kappa shape index (κ3) is 3.31. The quantitative estimate of drug-likeness (QED) is 0.608. The van der Waals surface area contributed by atoms with Crippen LogP contribution in [0.15, 0.2) is 38.5 Å². The predicted molar refractivity (Wildman–Crippen MR) is 104 cm³/mol. The number of benzene rings is 1. The molecule has 30 heavy (non-hydrogen) atoms. The average molecular weight is 438 g/mol. The van der Waals surface area contributed by atoms with E-state index in [0.29, 0.717) is 18.4 Å². The first kappa shape index (κ1) is 20.6. The fourth-order valence-corrected chi connectivity index (χ4v) is 5.95. The molecule has 1 aromatic carbocycles. The van der Waals surface area contributed by atoms with Crippen LogP contribution < -0.4 is 5.56 Å². The summed E-state index contributed by atoms with van der Waals surface area (Å²) in [4.78, 5) is 17.3. The van der Waals surface area contributed by atoms with Crippen molar-refractivity contribution in [3.05, 3.63) is 51.9 Å². The molecule has 0 saturated carbocycles. The number of hydrogen-bond acceptors (Lipinski definition) is 6. The zero-order valence-electron chi connectivity index (χ0n) is 16.4. The standard InChI is InChI=1S/C19H20F2N4O4S/c1-11-17(12(2)29-23-11)30(27,28)25-9-5-8-15(25)18-22-14-7-4-3-6-13(14)19(26)24(18)10-16(20)21/h3-4,6-7,15-16H,5,8-10H2,1-2H3. The van der Waals surface area contributed by atoms with Gasteiger partial charge in [-0.15, -0.1) is 0 Å². The van der Waals surface area contributed by atoms with Crippen molar-refractivity contribution in [3.63, 3.8) is 0 Å². The normalized spacial score (nSPS) is 18.0. The lowest BCUT2D eigenvalue weighted by Gasteiger charge is -2.26. The van der Waals surface area contributed by atoms with Crippen LogP contribution in [0.3, 0.4) is 0 Å². The highest BCUT2D eigenvalue weighted by Gasteiger charge is 2.41. The molecule has 8 nitrogen and oxygen atoms in total. The molecule has 1 unspecified atom stereocenters. The summed E-state index contributed by atoms with van der Waals surface area (Å²) in [7, 11) is -4.03. The van der Waals surface area contributed by atoms with Gasteiger partial charge in [0, 0.05) is 6.54 Å². The van der Waals surface area contributed by atoms with E-state index in [4.69, 9.17) is 4.52 Å². The Bertz CT molecular complexity index is 1250. The SMILES string of the molecule is Cc1noc(C)c1S(=O)(=O)N1CCCC1c1nc2ccccc2c(=O)n1CC(F)F. The smallest absolute Gasteiger partial charge is 0.261 e. The zero-order chi connectivity index (χ0) is 21.6. The number of rotatable bonds is 5. The van der Waals surface area contributed by atoms with E-state index in [0.717, 1.165) is 4.57 Å². The Kier molecular flexibility index (Phi) is 5.18. The maximum atomic E-state index is 13.4. The summed E-state index contributed by atoms with van der Waals surface area (Å²) < 4.78 is 60.4. The van der Waals surface area contributed by atoms with Gasteiger partial charge in [0.05, 0.1) is 23.5 Å². The summed E-state index contributed by atoms with van der Waals surface area (Å²) >= 11 is 0. The topological polar surface area (TPSA) is 98.3 Å². The van der Waals surface area contributed by atoms with Crippen LogP contribution in [0.4, 0.5) is 8.78 Å². The molecule has 1 aliphatic heterocycles. The Balaban J connectivity index is 1.90. The summed E-state index contributed by atoms with van der Waals surface area (Å²) in [6.45, 7) is 2.34. The molecule has 11 heteroatoms. The maximum Gasteiger partial charge on any atom is 0.261 e. The number of aromatic nitrogens is 3. The highest BCUT2D eigenvalue weighted by Crippen LogP contribution is 2.37. The minimum atomic E-state index is -4.03. The van der Waals surface area contributed by atoms with E-state index in [1.54, 1.807) is 18.2 Å². The van der Waals surface area contributed by atoms with E-state index < -0.39 is 34.6 Å². The van der Waals surface area contributed by atoms with E-state index in [-0.39, 0.29) is 34.1 Å². The van der Waals surface area contributed by atoms with Crippen molar-refractivity contribution in [3.8, 4) is 0 Å². The molecule has 0 bridgehead atoms. The summed E-state index contributed by atoms with van der Waals surface area (Å²) in [5.74, 6) is 0.168. The molecule has 0 aliphatic carbocycles. The van der Waals surface area contributed by atoms with Gasteiger partial charge in [-0.1, -0.05) is 17.3 Å². The molecule has 2 aromatic heterocycles. The molecular weight excluding hydrogens is 418 g/mol. The Labute approximate surface area is 171 Å². The van der Waals surface area contributed by atoms with E-state index in [1.165, 1.54) is 24.2 Å². The number of para-hydroxylation sites is 1. The van der Waals surface area contributed by atoms with Crippen LogP contribution in [0, 0.1) is 13.8 Å². The Morgan fingerprint density at radius 1 is 1.27 bits per heavy atom. The molecule has 1 fully saturated rings. The van der Waals surface area contributed by atoms with Gasteiger partial charge in [0.1, 0.15) is 16.4 Å². The van der Waals surface area contributed by atoms with Gasteiger partial charge in [0.25, 0.3) is 12.0 Å². The monoisotopic (exact) mass is 438 g/mol. The Morgan fingerprint density at radius 2 is 2.00 bits per heavy atom.